The smallest absolute Gasteiger partial charge is 0.123 e. The first-order valence-corrected chi connectivity index (χ1v) is 7.91. The standard InChI is InChI=1S/C17H26N2OS/c1-17(2,3)14-7-8-19(11-14)10-13-9-12(16(18)21)5-6-15(13)20-4/h5-6,9,14H,7-8,10-11H2,1-4H3,(H2,18,21). The van der Waals surface area contributed by atoms with Gasteiger partial charge in [-0.1, -0.05) is 33.0 Å². The molecule has 1 heterocycles. The van der Waals surface area contributed by atoms with E-state index < -0.39 is 0 Å². The Morgan fingerprint density at radius 3 is 2.67 bits per heavy atom. The van der Waals surface area contributed by atoms with Gasteiger partial charge in [-0.05, 0) is 42.5 Å². The number of hydrogen-bond acceptors (Lipinski definition) is 3. The Kier molecular flexibility index (Phi) is 4.89. The Balaban J connectivity index is 2.12. The molecule has 21 heavy (non-hydrogen) atoms. The van der Waals surface area contributed by atoms with Gasteiger partial charge >= 0.3 is 0 Å². The Morgan fingerprint density at radius 2 is 2.14 bits per heavy atom. The van der Waals surface area contributed by atoms with Crippen LogP contribution in [0.5, 0.6) is 5.75 Å². The molecule has 1 aromatic carbocycles. The van der Waals surface area contributed by atoms with Crippen molar-refractivity contribution in [1.29, 1.82) is 0 Å². The second-order valence-electron chi connectivity index (χ2n) is 6.98. The number of rotatable bonds is 4. The molecule has 0 radical (unpaired) electrons. The monoisotopic (exact) mass is 306 g/mol. The molecule has 2 N–H and O–H groups in total. The number of nitrogens with two attached hydrogens (primary N) is 1. The van der Waals surface area contributed by atoms with Gasteiger partial charge < -0.3 is 10.5 Å². The van der Waals surface area contributed by atoms with Crippen molar-refractivity contribution in [3.8, 4) is 5.75 Å². The molecular formula is C17H26N2OS. The third-order valence-corrected chi connectivity index (χ3v) is 4.69. The molecule has 0 aliphatic carbocycles. The molecule has 1 aliphatic heterocycles. The van der Waals surface area contributed by atoms with Gasteiger partial charge in [-0.25, -0.2) is 0 Å². The fourth-order valence-corrected chi connectivity index (χ4v) is 3.11. The molecule has 3 nitrogen and oxygen atoms in total. The van der Waals surface area contributed by atoms with Gasteiger partial charge in [-0.2, -0.15) is 0 Å². The van der Waals surface area contributed by atoms with Gasteiger partial charge in [0, 0.05) is 24.2 Å². The minimum atomic E-state index is 0.375. The highest BCUT2D eigenvalue weighted by Gasteiger charge is 2.31. The van der Waals surface area contributed by atoms with Gasteiger partial charge in [0.25, 0.3) is 0 Å². The number of nitrogens with zero attached hydrogens (tertiary/aromatic N) is 1. The maximum Gasteiger partial charge on any atom is 0.123 e. The van der Waals surface area contributed by atoms with E-state index in [0.717, 1.165) is 42.4 Å². The summed E-state index contributed by atoms with van der Waals surface area (Å²) in [7, 11) is 1.71. The highest BCUT2D eigenvalue weighted by molar-refractivity contribution is 7.80. The van der Waals surface area contributed by atoms with Crippen LogP contribution < -0.4 is 10.5 Å². The molecule has 1 unspecified atom stereocenters. The zero-order valence-electron chi connectivity index (χ0n) is 13.5. The Morgan fingerprint density at radius 1 is 1.43 bits per heavy atom. The van der Waals surface area contributed by atoms with E-state index in [-0.39, 0.29) is 0 Å². The molecular weight excluding hydrogens is 280 g/mol. The van der Waals surface area contributed by atoms with Crippen molar-refractivity contribution in [2.24, 2.45) is 17.1 Å². The fourth-order valence-electron chi connectivity index (χ4n) is 2.98. The van der Waals surface area contributed by atoms with Crippen LogP contribution in [0, 0.1) is 11.3 Å². The summed E-state index contributed by atoms with van der Waals surface area (Å²) >= 11 is 5.07. The number of methoxy groups -OCH3 is 1. The minimum Gasteiger partial charge on any atom is -0.496 e. The lowest BCUT2D eigenvalue weighted by Crippen LogP contribution is -2.26. The van der Waals surface area contributed by atoms with Crippen molar-refractivity contribution in [1.82, 2.24) is 4.90 Å². The SMILES string of the molecule is COc1ccc(C(N)=S)cc1CN1CCC(C(C)(C)C)C1. The summed E-state index contributed by atoms with van der Waals surface area (Å²) in [5.41, 5.74) is 8.19. The molecule has 1 saturated heterocycles. The first-order valence-electron chi connectivity index (χ1n) is 7.50. The lowest BCUT2D eigenvalue weighted by molar-refractivity contribution is 0.225. The molecule has 0 spiro atoms. The van der Waals surface area contributed by atoms with Gasteiger partial charge in [-0.3, -0.25) is 4.90 Å². The summed E-state index contributed by atoms with van der Waals surface area (Å²) < 4.78 is 5.47. The molecule has 0 aromatic heterocycles. The third-order valence-electron chi connectivity index (χ3n) is 4.46. The summed E-state index contributed by atoms with van der Waals surface area (Å²) in [6, 6.07) is 5.94. The van der Waals surface area contributed by atoms with Gasteiger partial charge in [0.15, 0.2) is 0 Å². The number of likely N-dealkylation sites (tertiary alicyclic amines) is 1. The highest BCUT2D eigenvalue weighted by atomic mass is 32.1. The summed E-state index contributed by atoms with van der Waals surface area (Å²) in [5.74, 6) is 1.66. The number of hydrogen-bond donors (Lipinski definition) is 1. The first-order chi connectivity index (χ1) is 9.81. The van der Waals surface area contributed by atoms with E-state index in [1.807, 2.05) is 12.1 Å². The van der Waals surface area contributed by atoms with Crippen LogP contribution in [-0.4, -0.2) is 30.1 Å². The van der Waals surface area contributed by atoms with Gasteiger partial charge in [-0.15, -0.1) is 0 Å². The van der Waals surface area contributed by atoms with Gasteiger partial charge in [0.1, 0.15) is 10.7 Å². The zero-order chi connectivity index (χ0) is 15.6. The van der Waals surface area contributed by atoms with Crippen molar-refractivity contribution in [2.75, 3.05) is 20.2 Å². The number of benzene rings is 1. The topological polar surface area (TPSA) is 38.5 Å². The fraction of sp³-hybridized carbons (Fsp3) is 0.588. The summed E-state index contributed by atoms with van der Waals surface area (Å²) in [6.45, 7) is 10.2. The van der Waals surface area contributed by atoms with E-state index in [1.165, 1.54) is 6.42 Å². The van der Waals surface area contributed by atoms with Crippen LogP contribution >= 0.6 is 12.2 Å². The van der Waals surface area contributed by atoms with Crippen molar-refractivity contribution < 1.29 is 4.74 Å². The molecule has 1 atom stereocenters. The van der Waals surface area contributed by atoms with Crippen molar-refractivity contribution >= 4 is 17.2 Å². The molecule has 0 saturated carbocycles. The van der Waals surface area contributed by atoms with E-state index in [4.69, 9.17) is 22.7 Å². The van der Waals surface area contributed by atoms with Crippen LogP contribution in [0.25, 0.3) is 0 Å². The van der Waals surface area contributed by atoms with Crippen LogP contribution in [0.2, 0.25) is 0 Å². The summed E-state index contributed by atoms with van der Waals surface area (Å²) in [5, 5.41) is 0. The lowest BCUT2D eigenvalue weighted by atomic mass is 9.80. The second kappa shape index (κ2) is 6.32. The van der Waals surface area contributed by atoms with Crippen LogP contribution in [0.3, 0.4) is 0 Å². The van der Waals surface area contributed by atoms with Crippen LogP contribution in [0.1, 0.15) is 38.3 Å². The Bertz CT molecular complexity index is 522. The average Bonchev–Trinajstić information content (AvgIpc) is 2.87. The van der Waals surface area contributed by atoms with Crippen molar-refractivity contribution in [3.05, 3.63) is 29.3 Å². The predicted molar refractivity (Wildman–Crippen MR) is 91.7 cm³/mol. The molecule has 4 heteroatoms. The molecule has 1 aliphatic rings. The normalized spacial score (nSPS) is 19.7. The van der Waals surface area contributed by atoms with Gasteiger partial charge in [0.2, 0.25) is 0 Å². The van der Waals surface area contributed by atoms with Crippen LogP contribution in [-0.2, 0) is 6.54 Å². The lowest BCUT2D eigenvalue weighted by Gasteiger charge is -2.27. The molecule has 116 valence electrons. The van der Waals surface area contributed by atoms with Crippen LogP contribution in [0.15, 0.2) is 18.2 Å². The number of thiocarbonyl (C=S) groups is 1. The number of ether oxygens (including phenoxy) is 1. The van der Waals surface area contributed by atoms with E-state index in [0.29, 0.717) is 10.4 Å². The summed E-state index contributed by atoms with van der Waals surface area (Å²) in [6.07, 6.45) is 1.26. The maximum absolute atomic E-state index is 5.74. The maximum atomic E-state index is 5.74. The predicted octanol–water partition coefficient (Wildman–Crippen LogP) is 3.20. The zero-order valence-corrected chi connectivity index (χ0v) is 14.3. The van der Waals surface area contributed by atoms with E-state index in [1.54, 1.807) is 7.11 Å². The van der Waals surface area contributed by atoms with E-state index >= 15 is 0 Å². The third kappa shape index (κ3) is 3.95. The van der Waals surface area contributed by atoms with Crippen molar-refractivity contribution in [3.63, 3.8) is 0 Å². The molecule has 1 aromatic rings. The minimum absolute atomic E-state index is 0.375. The quantitative estimate of drug-likeness (QED) is 0.867. The van der Waals surface area contributed by atoms with Crippen LogP contribution in [0.4, 0.5) is 0 Å². The average molecular weight is 306 g/mol. The van der Waals surface area contributed by atoms with Gasteiger partial charge in [0.05, 0.1) is 7.11 Å². The second-order valence-corrected chi connectivity index (χ2v) is 7.42. The Hall–Kier alpha value is -1.13. The van der Waals surface area contributed by atoms with Crippen molar-refractivity contribution in [2.45, 2.75) is 33.7 Å². The Labute approximate surface area is 133 Å². The highest BCUT2D eigenvalue weighted by Crippen LogP contribution is 2.34. The molecule has 2 rings (SSSR count). The molecule has 1 fully saturated rings. The summed E-state index contributed by atoms with van der Waals surface area (Å²) in [4.78, 5) is 2.94. The van der Waals surface area contributed by atoms with E-state index in [9.17, 15) is 0 Å². The first kappa shape index (κ1) is 16.2. The van der Waals surface area contributed by atoms with E-state index in [2.05, 4.69) is 31.7 Å². The molecule has 0 bridgehead atoms. The molecule has 0 amide bonds. The largest absolute Gasteiger partial charge is 0.496 e.